The van der Waals surface area contributed by atoms with Crippen LogP contribution in [0.15, 0.2) is 78.9 Å². The molecular weight excluding hydrogens is 436 g/mol. The largest absolute Gasteiger partial charge is 0.457 e. The van der Waals surface area contributed by atoms with E-state index in [1.54, 1.807) is 36.4 Å². The summed E-state index contributed by atoms with van der Waals surface area (Å²) in [5.41, 5.74) is 1.69. The van der Waals surface area contributed by atoms with Crippen molar-refractivity contribution in [1.29, 1.82) is 0 Å². The number of rotatable bonds is 7. The lowest BCUT2D eigenvalue weighted by Crippen LogP contribution is -2.39. The first-order valence-corrected chi connectivity index (χ1v) is 11.8. The van der Waals surface area contributed by atoms with E-state index in [2.05, 4.69) is 4.72 Å². The van der Waals surface area contributed by atoms with E-state index in [1.165, 1.54) is 0 Å². The molecule has 1 saturated heterocycles. The van der Waals surface area contributed by atoms with Gasteiger partial charge in [-0.3, -0.25) is 4.84 Å². The minimum atomic E-state index is -3.64. The summed E-state index contributed by atoms with van der Waals surface area (Å²) in [7, 11) is -1.90. The van der Waals surface area contributed by atoms with Crippen molar-refractivity contribution in [3.63, 3.8) is 0 Å². The van der Waals surface area contributed by atoms with Gasteiger partial charge in [-0.05, 0) is 47.5 Å². The molecular formula is C23H23ClN2O4S. The molecule has 3 aromatic carbocycles. The number of ether oxygens (including phenoxy) is 1. The van der Waals surface area contributed by atoms with Crippen LogP contribution < -0.4 is 9.46 Å². The number of hydroxylamine groups is 2. The van der Waals surface area contributed by atoms with Crippen LogP contribution in [-0.2, 0) is 21.4 Å². The van der Waals surface area contributed by atoms with Crippen LogP contribution in [0.2, 0.25) is 5.02 Å². The molecule has 3 aromatic rings. The van der Waals surface area contributed by atoms with Gasteiger partial charge in [-0.2, -0.15) is 5.06 Å². The van der Waals surface area contributed by atoms with Crippen LogP contribution in [0.5, 0.6) is 11.5 Å². The Morgan fingerprint density at radius 1 is 1.03 bits per heavy atom. The molecule has 0 aromatic heterocycles. The number of halogens is 1. The van der Waals surface area contributed by atoms with Crippen LogP contribution in [-0.4, -0.2) is 32.4 Å². The van der Waals surface area contributed by atoms with Crippen LogP contribution in [0.25, 0.3) is 0 Å². The average Bonchev–Trinajstić information content (AvgIpc) is 3.17. The topological polar surface area (TPSA) is 67.9 Å². The van der Waals surface area contributed by atoms with E-state index in [1.807, 2.05) is 54.6 Å². The van der Waals surface area contributed by atoms with Crippen molar-refractivity contribution < 1.29 is 18.0 Å². The predicted molar refractivity (Wildman–Crippen MR) is 120 cm³/mol. The molecule has 0 aliphatic carbocycles. The number of nitrogens with one attached hydrogen (secondary N) is 1. The van der Waals surface area contributed by atoms with Gasteiger partial charge in [0.15, 0.2) is 0 Å². The highest BCUT2D eigenvalue weighted by Gasteiger charge is 2.43. The Hall–Kier alpha value is -2.42. The zero-order valence-corrected chi connectivity index (χ0v) is 18.5. The maximum atomic E-state index is 13.1. The smallest absolute Gasteiger partial charge is 0.219 e. The highest BCUT2D eigenvalue weighted by Crippen LogP contribution is 2.35. The third kappa shape index (κ3) is 5.26. The van der Waals surface area contributed by atoms with E-state index >= 15 is 0 Å². The Balaban J connectivity index is 1.53. The maximum Gasteiger partial charge on any atom is 0.219 e. The SMILES string of the molecule is CN1OC[C@H](S(=O)(=O)NCc2ccccc2)[C@H]1c1cccc(Oc2ccc(Cl)cc2)c1. The molecule has 0 unspecified atom stereocenters. The van der Waals surface area contributed by atoms with Crippen molar-refractivity contribution in [1.82, 2.24) is 9.79 Å². The maximum absolute atomic E-state index is 13.1. The Morgan fingerprint density at radius 3 is 2.52 bits per heavy atom. The lowest BCUT2D eigenvalue weighted by atomic mass is 10.0. The van der Waals surface area contributed by atoms with Crippen LogP contribution >= 0.6 is 11.6 Å². The fourth-order valence-corrected chi connectivity index (χ4v) is 5.18. The van der Waals surface area contributed by atoms with Gasteiger partial charge in [0, 0.05) is 18.6 Å². The third-order valence-electron chi connectivity index (χ3n) is 5.15. The van der Waals surface area contributed by atoms with Crippen molar-refractivity contribution in [3.05, 3.63) is 95.0 Å². The van der Waals surface area contributed by atoms with Crippen molar-refractivity contribution in [2.75, 3.05) is 13.7 Å². The first-order chi connectivity index (χ1) is 14.9. The van der Waals surface area contributed by atoms with Crippen LogP contribution in [0.1, 0.15) is 17.2 Å². The van der Waals surface area contributed by atoms with E-state index in [0.717, 1.165) is 11.1 Å². The molecule has 0 spiro atoms. The molecule has 1 fully saturated rings. The van der Waals surface area contributed by atoms with Crippen molar-refractivity contribution in [2.45, 2.75) is 17.8 Å². The second-order valence-electron chi connectivity index (χ2n) is 7.31. The molecule has 4 rings (SSSR count). The zero-order chi connectivity index (χ0) is 21.8. The molecule has 6 nitrogen and oxygen atoms in total. The summed E-state index contributed by atoms with van der Waals surface area (Å²) in [4.78, 5) is 5.60. The van der Waals surface area contributed by atoms with Crippen molar-refractivity contribution >= 4 is 21.6 Å². The molecule has 1 heterocycles. The molecule has 2 atom stereocenters. The van der Waals surface area contributed by atoms with Gasteiger partial charge in [0.1, 0.15) is 16.7 Å². The van der Waals surface area contributed by atoms with Gasteiger partial charge in [-0.1, -0.05) is 54.1 Å². The number of hydrogen-bond donors (Lipinski definition) is 1. The second-order valence-corrected chi connectivity index (χ2v) is 9.73. The number of nitrogens with zero attached hydrogens (tertiary/aromatic N) is 1. The average molecular weight is 459 g/mol. The monoisotopic (exact) mass is 458 g/mol. The minimum Gasteiger partial charge on any atom is -0.457 e. The molecule has 0 saturated carbocycles. The summed E-state index contributed by atoms with van der Waals surface area (Å²) in [6.45, 7) is 0.309. The van der Waals surface area contributed by atoms with Crippen LogP contribution in [0.3, 0.4) is 0 Å². The first-order valence-electron chi connectivity index (χ1n) is 9.84. The van der Waals surface area contributed by atoms with E-state index in [9.17, 15) is 8.42 Å². The lowest BCUT2D eigenvalue weighted by Gasteiger charge is -2.23. The summed E-state index contributed by atoms with van der Waals surface area (Å²) in [5.74, 6) is 1.25. The van der Waals surface area contributed by atoms with Crippen LogP contribution in [0.4, 0.5) is 0 Å². The predicted octanol–water partition coefficient (Wildman–Crippen LogP) is 4.54. The quantitative estimate of drug-likeness (QED) is 0.563. The fraction of sp³-hybridized carbons (Fsp3) is 0.217. The van der Waals surface area contributed by atoms with E-state index in [0.29, 0.717) is 16.5 Å². The number of benzene rings is 3. The van der Waals surface area contributed by atoms with Crippen molar-refractivity contribution in [2.24, 2.45) is 0 Å². The summed E-state index contributed by atoms with van der Waals surface area (Å²) < 4.78 is 34.8. The minimum absolute atomic E-state index is 0.0769. The zero-order valence-electron chi connectivity index (χ0n) is 16.9. The molecule has 1 aliphatic rings. The second kappa shape index (κ2) is 9.38. The molecule has 1 aliphatic heterocycles. The lowest BCUT2D eigenvalue weighted by molar-refractivity contribution is -0.110. The summed E-state index contributed by atoms with van der Waals surface area (Å²) in [6.07, 6.45) is 0. The fourth-order valence-electron chi connectivity index (χ4n) is 3.57. The number of hydrogen-bond acceptors (Lipinski definition) is 5. The summed E-state index contributed by atoms with van der Waals surface area (Å²) >= 11 is 5.93. The van der Waals surface area contributed by atoms with E-state index in [-0.39, 0.29) is 13.2 Å². The summed E-state index contributed by atoms with van der Waals surface area (Å²) in [6, 6.07) is 23.4. The Bertz CT molecular complexity index is 1120. The van der Waals surface area contributed by atoms with Gasteiger partial charge in [0.05, 0.1) is 12.6 Å². The Morgan fingerprint density at radius 2 is 1.77 bits per heavy atom. The highest BCUT2D eigenvalue weighted by atomic mass is 35.5. The first kappa shape index (κ1) is 21.8. The van der Waals surface area contributed by atoms with Gasteiger partial charge in [0.2, 0.25) is 10.0 Å². The van der Waals surface area contributed by atoms with Gasteiger partial charge in [0.25, 0.3) is 0 Å². The van der Waals surface area contributed by atoms with Gasteiger partial charge in [-0.15, -0.1) is 0 Å². The van der Waals surface area contributed by atoms with Gasteiger partial charge >= 0.3 is 0 Å². The van der Waals surface area contributed by atoms with Crippen LogP contribution in [0, 0.1) is 0 Å². The Kier molecular flexibility index (Phi) is 6.60. The molecule has 162 valence electrons. The molecule has 8 heteroatoms. The Labute approximate surface area is 187 Å². The molecule has 0 radical (unpaired) electrons. The standard InChI is InChI=1S/C23H23ClN2O4S/c1-26-23(18-8-5-9-21(14-18)30-20-12-10-19(24)11-13-20)22(16-29-26)31(27,28)25-15-17-6-3-2-4-7-17/h2-14,22-23,25H,15-16H2,1H3/t22-,23+/m0/s1. The third-order valence-corrected chi connectivity index (χ3v) is 7.14. The highest BCUT2D eigenvalue weighted by molar-refractivity contribution is 7.90. The molecule has 0 bridgehead atoms. The normalized spacial score (nSPS) is 19.4. The van der Waals surface area contributed by atoms with E-state index in [4.69, 9.17) is 21.2 Å². The van der Waals surface area contributed by atoms with Gasteiger partial charge in [-0.25, -0.2) is 13.1 Å². The van der Waals surface area contributed by atoms with E-state index < -0.39 is 21.3 Å². The summed E-state index contributed by atoms with van der Waals surface area (Å²) in [5, 5.41) is 1.46. The van der Waals surface area contributed by atoms with Gasteiger partial charge < -0.3 is 4.74 Å². The molecule has 31 heavy (non-hydrogen) atoms. The molecule has 1 N–H and O–H groups in total. The number of sulfonamides is 1. The molecule has 0 amide bonds. The van der Waals surface area contributed by atoms with Crippen molar-refractivity contribution in [3.8, 4) is 11.5 Å².